The van der Waals surface area contributed by atoms with Crippen molar-refractivity contribution in [3.05, 3.63) is 76.0 Å². The van der Waals surface area contributed by atoms with Crippen molar-refractivity contribution in [1.29, 1.82) is 0 Å². The highest BCUT2D eigenvalue weighted by Gasteiger charge is 2.19. The van der Waals surface area contributed by atoms with Crippen LogP contribution in [0.25, 0.3) is 15.9 Å². The summed E-state index contributed by atoms with van der Waals surface area (Å²) in [6.07, 6.45) is 3.45. The number of fused-ring (bicyclic) bond motifs is 1. The summed E-state index contributed by atoms with van der Waals surface area (Å²) in [5.74, 6) is -0.0995. The van der Waals surface area contributed by atoms with Gasteiger partial charge in [0.15, 0.2) is 0 Å². The van der Waals surface area contributed by atoms with Crippen molar-refractivity contribution >= 4 is 39.1 Å². The van der Waals surface area contributed by atoms with Crippen LogP contribution in [0.15, 0.2) is 54.9 Å². The van der Waals surface area contributed by atoms with Crippen LogP contribution < -0.4 is 5.32 Å². The Morgan fingerprint density at radius 1 is 1.22 bits per heavy atom. The van der Waals surface area contributed by atoms with Gasteiger partial charge in [0.2, 0.25) is 0 Å². The first kappa shape index (κ1) is 17.7. The molecule has 4 rings (SSSR count). The maximum absolute atomic E-state index is 12.7. The number of pyridine rings is 1. The summed E-state index contributed by atoms with van der Waals surface area (Å²) in [4.78, 5) is 18.3. The van der Waals surface area contributed by atoms with Gasteiger partial charge in [-0.15, -0.1) is 11.3 Å². The van der Waals surface area contributed by atoms with E-state index in [1.807, 2.05) is 61.0 Å². The van der Waals surface area contributed by atoms with Gasteiger partial charge in [0.1, 0.15) is 4.83 Å². The smallest absolute Gasteiger partial charge is 0.261 e. The fourth-order valence-corrected chi connectivity index (χ4v) is 4.22. The second-order valence-electron chi connectivity index (χ2n) is 6.28. The summed E-state index contributed by atoms with van der Waals surface area (Å²) in [7, 11) is 0. The minimum atomic E-state index is -0.101. The number of aryl methyl sites for hydroxylation is 1. The number of nitrogens with one attached hydrogen (secondary N) is 1. The number of benzene rings is 1. The predicted molar refractivity (Wildman–Crippen MR) is 109 cm³/mol. The first-order valence-electron chi connectivity index (χ1n) is 8.49. The molecule has 0 saturated carbocycles. The van der Waals surface area contributed by atoms with Gasteiger partial charge < -0.3 is 5.32 Å². The molecule has 0 saturated heterocycles. The van der Waals surface area contributed by atoms with E-state index in [0.717, 1.165) is 27.2 Å². The molecule has 0 aliphatic rings. The molecule has 5 nitrogen and oxygen atoms in total. The molecule has 1 aromatic carbocycles. The van der Waals surface area contributed by atoms with Gasteiger partial charge in [-0.2, -0.15) is 5.10 Å². The minimum Gasteiger partial charge on any atom is -0.345 e. The van der Waals surface area contributed by atoms with Crippen LogP contribution in [0, 0.1) is 6.92 Å². The predicted octanol–water partition coefficient (Wildman–Crippen LogP) is 4.93. The maximum Gasteiger partial charge on any atom is 0.261 e. The zero-order valence-corrected chi connectivity index (χ0v) is 16.4. The van der Waals surface area contributed by atoms with Gasteiger partial charge in [-0.1, -0.05) is 17.7 Å². The third kappa shape index (κ3) is 3.46. The van der Waals surface area contributed by atoms with E-state index in [4.69, 9.17) is 11.6 Å². The fraction of sp³-hybridized carbons (Fsp3) is 0.150. The van der Waals surface area contributed by atoms with Gasteiger partial charge >= 0.3 is 0 Å². The molecule has 0 spiro atoms. The lowest BCUT2D eigenvalue weighted by molar-refractivity contribution is 0.0944. The van der Waals surface area contributed by atoms with Crippen LogP contribution >= 0.6 is 22.9 Å². The summed E-state index contributed by atoms with van der Waals surface area (Å²) in [5.41, 5.74) is 2.77. The summed E-state index contributed by atoms with van der Waals surface area (Å²) >= 11 is 7.54. The highest BCUT2D eigenvalue weighted by molar-refractivity contribution is 7.20. The third-order valence-electron chi connectivity index (χ3n) is 4.37. The van der Waals surface area contributed by atoms with Crippen molar-refractivity contribution in [2.24, 2.45) is 0 Å². The average molecular weight is 397 g/mol. The summed E-state index contributed by atoms with van der Waals surface area (Å²) in [6.45, 7) is 3.90. The highest BCUT2D eigenvalue weighted by atomic mass is 35.5. The molecule has 1 atom stereocenters. The molecule has 3 heterocycles. The van der Waals surface area contributed by atoms with Gasteiger partial charge in [0.05, 0.1) is 22.3 Å². The van der Waals surface area contributed by atoms with E-state index in [9.17, 15) is 4.79 Å². The molecule has 1 unspecified atom stereocenters. The van der Waals surface area contributed by atoms with E-state index in [0.29, 0.717) is 9.90 Å². The number of amides is 1. The van der Waals surface area contributed by atoms with E-state index in [2.05, 4.69) is 15.4 Å². The molecule has 4 aromatic rings. The van der Waals surface area contributed by atoms with Crippen LogP contribution in [-0.2, 0) is 0 Å². The summed E-state index contributed by atoms with van der Waals surface area (Å²) in [6, 6.07) is 13.1. The number of thiophene rings is 1. The first-order chi connectivity index (χ1) is 13.0. The van der Waals surface area contributed by atoms with E-state index in [1.54, 1.807) is 12.4 Å². The Morgan fingerprint density at radius 2 is 2.00 bits per heavy atom. The van der Waals surface area contributed by atoms with Crippen LogP contribution in [0.1, 0.15) is 33.9 Å². The maximum atomic E-state index is 12.7. The van der Waals surface area contributed by atoms with Gasteiger partial charge in [-0.3, -0.25) is 9.78 Å². The number of rotatable bonds is 4. The zero-order valence-electron chi connectivity index (χ0n) is 14.8. The fourth-order valence-electron chi connectivity index (χ4n) is 2.95. The average Bonchev–Trinajstić information content (AvgIpc) is 3.23. The van der Waals surface area contributed by atoms with Crippen LogP contribution in [0.2, 0.25) is 5.02 Å². The van der Waals surface area contributed by atoms with Crippen LogP contribution in [0.5, 0.6) is 0 Å². The molecule has 0 radical (unpaired) electrons. The molecule has 0 aliphatic carbocycles. The second-order valence-corrected chi connectivity index (χ2v) is 7.75. The number of hydrogen-bond donors (Lipinski definition) is 1. The monoisotopic (exact) mass is 396 g/mol. The quantitative estimate of drug-likeness (QED) is 0.531. The summed E-state index contributed by atoms with van der Waals surface area (Å²) < 4.78 is 1.84. The number of hydrogen-bond acceptors (Lipinski definition) is 4. The molecule has 136 valence electrons. The molecular formula is C20H17ClN4OS. The Balaban J connectivity index is 1.66. The van der Waals surface area contributed by atoms with Gasteiger partial charge in [-0.25, -0.2) is 4.68 Å². The molecule has 0 fully saturated rings. The van der Waals surface area contributed by atoms with E-state index < -0.39 is 0 Å². The lowest BCUT2D eigenvalue weighted by Gasteiger charge is -2.13. The molecule has 1 amide bonds. The van der Waals surface area contributed by atoms with Gasteiger partial charge in [0.25, 0.3) is 5.91 Å². The molecule has 27 heavy (non-hydrogen) atoms. The first-order valence-corrected chi connectivity index (χ1v) is 9.68. The standard InChI is InChI=1S/C20H17ClN4OS/c1-12(14-6-8-22-9-7-14)23-19(26)18-11-17-13(2)24-25(20(17)27-18)16-5-3-4-15(21)10-16/h3-12H,1-2H3,(H,23,26). The lowest BCUT2D eigenvalue weighted by atomic mass is 10.1. The molecular weight excluding hydrogens is 380 g/mol. The van der Waals surface area contributed by atoms with Crippen LogP contribution in [0.3, 0.4) is 0 Å². The van der Waals surface area contributed by atoms with Crippen molar-refractivity contribution in [3.63, 3.8) is 0 Å². The number of aromatic nitrogens is 3. The normalized spacial score (nSPS) is 12.3. The Hall–Kier alpha value is -2.70. The van der Waals surface area contributed by atoms with Crippen LogP contribution in [-0.4, -0.2) is 20.7 Å². The lowest BCUT2D eigenvalue weighted by Crippen LogP contribution is -2.25. The third-order valence-corrected chi connectivity index (χ3v) is 5.72. The zero-order chi connectivity index (χ0) is 19.0. The van der Waals surface area contributed by atoms with Crippen molar-refractivity contribution < 1.29 is 4.79 Å². The van der Waals surface area contributed by atoms with Crippen LogP contribution in [0.4, 0.5) is 0 Å². The number of carbonyl (C=O) groups excluding carboxylic acids is 1. The Labute approximate surface area is 165 Å². The minimum absolute atomic E-state index is 0.0995. The van der Waals surface area contributed by atoms with Gasteiger partial charge in [0, 0.05) is 22.8 Å². The SMILES string of the molecule is Cc1nn(-c2cccc(Cl)c2)c2sc(C(=O)NC(C)c3ccncc3)cc12. The molecule has 7 heteroatoms. The molecule has 0 aliphatic heterocycles. The Bertz CT molecular complexity index is 1120. The largest absolute Gasteiger partial charge is 0.345 e. The highest BCUT2D eigenvalue weighted by Crippen LogP contribution is 2.31. The van der Waals surface area contributed by atoms with E-state index in [1.165, 1.54) is 11.3 Å². The second kappa shape index (κ2) is 7.13. The number of nitrogens with zero attached hydrogens (tertiary/aromatic N) is 3. The number of carbonyl (C=O) groups is 1. The van der Waals surface area contributed by atoms with Crippen molar-refractivity contribution in [3.8, 4) is 5.69 Å². The molecule has 1 N–H and O–H groups in total. The van der Waals surface area contributed by atoms with Crippen molar-refractivity contribution in [1.82, 2.24) is 20.1 Å². The summed E-state index contributed by atoms with van der Waals surface area (Å²) in [5, 5.41) is 9.27. The van der Waals surface area contributed by atoms with Gasteiger partial charge in [-0.05, 0) is 55.8 Å². The number of halogens is 1. The van der Waals surface area contributed by atoms with E-state index in [-0.39, 0.29) is 11.9 Å². The van der Waals surface area contributed by atoms with Crippen molar-refractivity contribution in [2.45, 2.75) is 19.9 Å². The van der Waals surface area contributed by atoms with Crippen molar-refractivity contribution in [2.75, 3.05) is 0 Å². The topological polar surface area (TPSA) is 59.8 Å². The van der Waals surface area contributed by atoms with E-state index >= 15 is 0 Å². The molecule has 0 bridgehead atoms. The Morgan fingerprint density at radius 3 is 2.74 bits per heavy atom. The Kier molecular flexibility index (Phi) is 4.68. The molecule has 3 aromatic heterocycles.